The van der Waals surface area contributed by atoms with E-state index < -0.39 is 12.1 Å². The summed E-state index contributed by atoms with van der Waals surface area (Å²) in [5.41, 5.74) is 3.63. The first-order valence-electron chi connectivity index (χ1n) is 9.95. The van der Waals surface area contributed by atoms with Crippen LogP contribution in [0.1, 0.15) is 25.5 Å². The highest BCUT2D eigenvalue weighted by atomic mass is 16.2. The average Bonchev–Trinajstić information content (AvgIpc) is 3.46. The number of hydrogen-bond donors (Lipinski definition) is 2. The number of anilines is 1. The van der Waals surface area contributed by atoms with Gasteiger partial charge in [0.1, 0.15) is 6.04 Å². The van der Waals surface area contributed by atoms with E-state index in [0.717, 1.165) is 11.1 Å². The van der Waals surface area contributed by atoms with Crippen molar-refractivity contribution in [1.29, 1.82) is 0 Å². The quantitative estimate of drug-likeness (QED) is 0.483. The lowest BCUT2D eigenvalue weighted by Crippen LogP contribution is -2.29. The molecule has 2 aromatic heterocycles. The number of aromatic nitrogens is 6. The van der Waals surface area contributed by atoms with E-state index in [1.807, 2.05) is 18.2 Å². The molecule has 1 aliphatic heterocycles. The summed E-state index contributed by atoms with van der Waals surface area (Å²) in [6, 6.07) is 11.4. The van der Waals surface area contributed by atoms with Crippen LogP contribution in [-0.2, 0) is 11.3 Å². The maximum Gasteiger partial charge on any atom is 0.329 e. The van der Waals surface area contributed by atoms with E-state index in [2.05, 4.69) is 44.5 Å². The second kappa shape index (κ2) is 7.31. The Bertz CT molecular complexity index is 1270. The van der Waals surface area contributed by atoms with E-state index in [-0.39, 0.29) is 5.91 Å². The van der Waals surface area contributed by atoms with Crippen LogP contribution in [0.5, 0.6) is 0 Å². The van der Waals surface area contributed by atoms with Gasteiger partial charge in [0.15, 0.2) is 0 Å². The summed E-state index contributed by atoms with van der Waals surface area (Å²) in [6.45, 7) is 4.85. The number of nitrogens with zero attached hydrogens (tertiary/aromatic N) is 6. The normalized spacial score (nSPS) is 16.5. The molecule has 1 unspecified atom stereocenters. The van der Waals surface area contributed by atoms with Crippen LogP contribution in [-0.4, -0.2) is 42.1 Å². The minimum absolute atomic E-state index is 0.374. The fraction of sp³-hybridized carbons (Fsp3) is 0.238. The van der Waals surface area contributed by atoms with Crippen molar-refractivity contribution in [3.05, 3.63) is 54.4 Å². The van der Waals surface area contributed by atoms with Gasteiger partial charge in [0.05, 0.1) is 23.9 Å². The van der Waals surface area contributed by atoms with Crippen molar-refractivity contribution in [1.82, 2.24) is 35.5 Å². The van der Waals surface area contributed by atoms with Gasteiger partial charge in [-0.25, -0.2) is 9.78 Å². The molecule has 10 nitrogen and oxygen atoms in total. The summed E-state index contributed by atoms with van der Waals surface area (Å²) in [4.78, 5) is 35.4. The van der Waals surface area contributed by atoms with Crippen LogP contribution in [0.15, 0.2) is 48.8 Å². The number of carbonyl (C=O) groups is 2. The third-order valence-corrected chi connectivity index (χ3v) is 5.10. The molecule has 2 N–H and O–H groups in total. The van der Waals surface area contributed by atoms with Crippen LogP contribution in [0.4, 0.5) is 10.5 Å². The Morgan fingerprint density at radius 1 is 1.10 bits per heavy atom. The van der Waals surface area contributed by atoms with Crippen LogP contribution >= 0.6 is 0 Å². The van der Waals surface area contributed by atoms with Crippen LogP contribution in [0, 0.1) is 5.92 Å². The van der Waals surface area contributed by atoms with Gasteiger partial charge in [-0.3, -0.25) is 15.0 Å². The fourth-order valence-electron chi connectivity index (χ4n) is 3.68. The van der Waals surface area contributed by atoms with Crippen LogP contribution < -0.4 is 10.2 Å². The van der Waals surface area contributed by atoms with E-state index in [9.17, 15) is 9.59 Å². The maximum absolute atomic E-state index is 12.6. The number of imidazole rings is 1. The Balaban J connectivity index is 1.45. The fourth-order valence-corrected chi connectivity index (χ4v) is 3.68. The number of rotatable bonds is 5. The number of aromatic amines is 1. The standard InChI is InChI=1S/C21H20N8O2/c1-12(2)10-28-26-19(25-27-28)14-5-3-13(4-6-14)18-20(30)24-21(31)29(18)15-7-8-16-17(9-15)23-11-22-16/h3-9,11-12,18H,10H2,1-2H3,(H,22,23)(H,24,30,31). The lowest BCUT2D eigenvalue weighted by molar-refractivity contribution is -0.119. The Morgan fingerprint density at radius 3 is 2.68 bits per heavy atom. The first-order valence-corrected chi connectivity index (χ1v) is 9.95. The molecule has 0 saturated carbocycles. The SMILES string of the molecule is CC(C)Cn1nnc(-c2ccc(C3C(=O)NC(=O)N3c3ccc4[nH]cnc4c3)cc2)n1. The number of tetrazole rings is 1. The molecule has 1 saturated heterocycles. The molecule has 3 heterocycles. The minimum Gasteiger partial charge on any atom is -0.345 e. The smallest absolute Gasteiger partial charge is 0.329 e. The molecule has 0 spiro atoms. The summed E-state index contributed by atoms with van der Waals surface area (Å²) in [6.07, 6.45) is 1.59. The van der Waals surface area contributed by atoms with Gasteiger partial charge in [-0.1, -0.05) is 38.1 Å². The van der Waals surface area contributed by atoms with Gasteiger partial charge in [-0.15, -0.1) is 10.2 Å². The van der Waals surface area contributed by atoms with Crippen molar-refractivity contribution in [3.63, 3.8) is 0 Å². The van der Waals surface area contributed by atoms with Gasteiger partial charge in [-0.05, 0) is 34.9 Å². The van der Waals surface area contributed by atoms with Crippen molar-refractivity contribution < 1.29 is 9.59 Å². The summed E-state index contributed by atoms with van der Waals surface area (Å²) in [5, 5.41) is 15.0. The van der Waals surface area contributed by atoms with E-state index in [0.29, 0.717) is 35.1 Å². The Hall–Kier alpha value is -4.08. The molecule has 4 aromatic rings. The van der Waals surface area contributed by atoms with Crippen molar-refractivity contribution in [2.24, 2.45) is 5.92 Å². The first-order chi connectivity index (χ1) is 15.0. The molecule has 0 bridgehead atoms. The summed E-state index contributed by atoms with van der Waals surface area (Å²) >= 11 is 0. The zero-order valence-corrected chi connectivity index (χ0v) is 17.0. The van der Waals surface area contributed by atoms with E-state index in [1.54, 1.807) is 35.4 Å². The second-order valence-electron chi connectivity index (χ2n) is 7.85. The van der Waals surface area contributed by atoms with Crippen molar-refractivity contribution >= 4 is 28.7 Å². The van der Waals surface area contributed by atoms with Gasteiger partial charge >= 0.3 is 6.03 Å². The van der Waals surface area contributed by atoms with Gasteiger partial charge in [0, 0.05) is 11.3 Å². The number of hydrogen-bond acceptors (Lipinski definition) is 6. The van der Waals surface area contributed by atoms with Gasteiger partial charge in [0.2, 0.25) is 5.82 Å². The first kappa shape index (κ1) is 18.9. The molecular formula is C21H20N8O2. The highest BCUT2D eigenvalue weighted by Gasteiger charge is 2.40. The number of H-pyrrole nitrogens is 1. The van der Waals surface area contributed by atoms with Gasteiger partial charge < -0.3 is 4.98 Å². The van der Waals surface area contributed by atoms with Crippen molar-refractivity contribution in [2.75, 3.05) is 4.90 Å². The molecule has 0 aliphatic carbocycles. The number of imide groups is 1. The molecule has 156 valence electrons. The number of urea groups is 1. The Kier molecular flexibility index (Phi) is 4.46. The lowest BCUT2D eigenvalue weighted by atomic mass is 10.0. The topological polar surface area (TPSA) is 122 Å². The summed E-state index contributed by atoms with van der Waals surface area (Å²) in [5.74, 6) is 0.551. The second-order valence-corrected chi connectivity index (χ2v) is 7.85. The van der Waals surface area contributed by atoms with Gasteiger partial charge in [0.25, 0.3) is 5.91 Å². The molecule has 1 atom stereocenters. The third kappa shape index (κ3) is 3.41. The zero-order valence-electron chi connectivity index (χ0n) is 17.0. The molecular weight excluding hydrogens is 396 g/mol. The molecule has 10 heteroatoms. The highest BCUT2D eigenvalue weighted by molar-refractivity contribution is 6.14. The minimum atomic E-state index is -0.775. The van der Waals surface area contributed by atoms with Crippen molar-refractivity contribution in [2.45, 2.75) is 26.4 Å². The molecule has 3 amide bonds. The molecule has 2 aromatic carbocycles. The molecule has 1 fully saturated rings. The number of carbonyl (C=O) groups excluding carboxylic acids is 2. The predicted octanol–water partition coefficient (Wildman–Crippen LogP) is 2.67. The van der Waals surface area contributed by atoms with E-state index in [4.69, 9.17) is 0 Å². The number of amides is 3. The Labute approximate surface area is 177 Å². The van der Waals surface area contributed by atoms with Gasteiger partial charge in [-0.2, -0.15) is 4.80 Å². The van der Waals surface area contributed by atoms with Crippen LogP contribution in [0.3, 0.4) is 0 Å². The van der Waals surface area contributed by atoms with E-state index in [1.165, 1.54) is 4.90 Å². The van der Waals surface area contributed by atoms with Crippen LogP contribution in [0.2, 0.25) is 0 Å². The molecule has 31 heavy (non-hydrogen) atoms. The monoisotopic (exact) mass is 416 g/mol. The third-order valence-electron chi connectivity index (χ3n) is 5.10. The van der Waals surface area contributed by atoms with E-state index >= 15 is 0 Å². The molecule has 0 radical (unpaired) electrons. The summed E-state index contributed by atoms with van der Waals surface area (Å²) < 4.78 is 0. The summed E-state index contributed by atoms with van der Waals surface area (Å²) in [7, 11) is 0. The number of nitrogens with one attached hydrogen (secondary N) is 2. The Morgan fingerprint density at radius 2 is 1.90 bits per heavy atom. The van der Waals surface area contributed by atoms with Crippen LogP contribution in [0.25, 0.3) is 22.4 Å². The largest absolute Gasteiger partial charge is 0.345 e. The molecule has 1 aliphatic rings. The maximum atomic E-state index is 12.6. The number of fused-ring (bicyclic) bond motifs is 1. The number of benzene rings is 2. The molecule has 5 rings (SSSR count). The zero-order chi connectivity index (χ0) is 21.5. The predicted molar refractivity (Wildman–Crippen MR) is 113 cm³/mol. The van der Waals surface area contributed by atoms with Crippen molar-refractivity contribution in [3.8, 4) is 11.4 Å². The average molecular weight is 416 g/mol. The highest BCUT2D eigenvalue weighted by Crippen LogP contribution is 2.33. The lowest BCUT2D eigenvalue weighted by Gasteiger charge is -2.22.